The number of carbonyl (C=O) groups is 1. The Kier molecular flexibility index (Phi) is 10.4. The van der Waals surface area contributed by atoms with E-state index >= 15 is 0 Å². The van der Waals surface area contributed by atoms with Gasteiger partial charge >= 0.3 is 5.97 Å². The van der Waals surface area contributed by atoms with E-state index in [9.17, 15) is 15.3 Å². The molecular weight excluding hydrogens is 616 g/mol. The highest BCUT2D eigenvalue weighted by Crippen LogP contribution is 2.40. The molecule has 0 radical (unpaired) electrons. The molecule has 2 N–H and O–H groups in total. The van der Waals surface area contributed by atoms with Gasteiger partial charge < -0.3 is 20.1 Å². The largest absolute Gasteiger partial charge is 0.492 e. The summed E-state index contributed by atoms with van der Waals surface area (Å²) in [5, 5.41) is 36.7. The summed E-state index contributed by atoms with van der Waals surface area (Å²) in [7, 11) is 0. The van der Waals surface area contributed by atoms with Crippen molar-refractivity contribution < 1.29 is 14.6 Å². The van der Waals surface area contributed by atoms with Gasteiger partial charge in [0, 0.05) is 46.9 Å². The molecular formula is C32H29ClN6O3S2. The molecule has 1 saturated heterocycles. The lowest BCUT2D eigenvalue weighted by atomic mass is 9.96. The van der Waals surface area contributed by atoms with E-state index in [0.29, 0.717) is 56.2 Å². The molecule has 3 heterocycles. The highest BCUT2D eigenvalue weighted by Gasteiger charge is 2.26. The molecule has 0 saturated carbocycles. The van der Waals surface area contributed by atoms with E-state index in [-0.39, 0.29) is 6.61 Å². The summed E-state index contributed by atoms with van der Waals surface area (Å²) in [6.07, 6.45) is 2.03. The van der Waals surface area contributed by atoms with Crippen LogP contribution in [0.5, 0.6) is 5.75 Å². The fourth-order valence-corrected chi connectivity index (χ4v) is 6.74. The van der Waals surface area contributed by atoms with Gasteiger partial charge in [0.15, 0.2) is 0 Å². The minimum atomic E-state index is -0.923. The van der Waals surface area contributed by atoms with Gasteiger partial charge in [-0.1, -0.05) is 47.6 Å². The third-order valence-corrected chi connectivity index (χ3v) is 9.31. The second-order valence-corrected chi connectivity index (χ2v) is 12.4. The number of benzene rings is 2. The number of ether oxygens (including phenoxy) is 1. The van der Waals surface area contributed by atoms with Crippen molar-refractivity contribution in [3.63, 3.8) is 0 Å². The average molecular weight is 645 g/mol. The molecule has 44 heavy (non-hydrogen) atoms. The first-order chi connectivity index (χ1) is 21.4. The fraction of sp³-hybridized carbons (Fsp3) is 0.281. The van der Waals surface area contributed by atoms with Gasteiger partial charge in [-0.15, -0.1) is 11.3 Å². The monoisotopic (exact) mass is 644 g/mol. The number of hydrogen-bond donors (Lipinski definition) is 2. The Bertz CT molecular complexity index is 1710. The third-order valence-electron chi connectivity index (χ3n) is 7.11. The van der Waals surface area contributed by atoms with Crippen LogP contribution in [-0.2, 0) is 10.5 Å². The van der Waals surface area contributed by atoms with Gasteiger partial charge in [0.1, 0.15) is 52.0 Å². The summed E-state index contributed by atoms with van der Waals surface area (Å²) >= 11 is 9.02. The quantitative estimate of drug-likeness (QED) is 0.128. The molecule has 4 aromatic rings. The number of pyridine rings is 1. The van der Waals surface area contributed by atoms with Gasteiger partial charge in [0.2, 0.25) is 0 Å². The zero-order valence-corrected chi connectivity index (χ0v) is 26.3. The summed E-state index contributed by atoms with van der Waals surface area (Å²) in [6, 6.07) is 18.8. The van der Waals surface area contributed by atoms with Crippen molar-refractivity contribution >= 4 is 46.5 Å². The first-order valence-electron chi connectivity index (χ1n) is 14.0. The number of thiazole rings is 1. The van der Waals surface area contributed by atoms with Crippen LogP contribution in [0.4, 0.5) is 5.82 Å². The number of thioether (sulfide) groups is 1. The van der Waals surface area contributed by atoms with E-state index in [1.54, 1.807) is 30.4 Å². The maximum Gasteiger partial charge on any atom is 0.320 e. The van der Waals surface area contributed by atoms with E-state index in [4.69, 9.17) is 31.4 Å². The summed E-state index contributed by atoms with van der Waals surface area (Å²) in [4.78, 5) is 22.8. The zero-order chi connectivity index (χ0) is 31.1. The molecule has 0 bridgehead atoms. The van der Waals surface area contributed by atoms with E-state index in [0.717, 1.165) is 42.2 Å². The molecule has 12 heteroatoms. The number of carboxylic acids is 1. The lowest BCUT2D eigenvalue weighted by molar-refractivity contribution is -0.139. The van der Waals surface area contributed by atoms with Crippen LogP contribution >= 0.6 is 34.7 Å². The van der Waals surface area contributed by atoms with Crippen molar-refractivity contribution in [1.29, 1.82) is 10.5 Å². The van der Waals surface area contributed by atoms with Crippen molar-refractivity contribution in [1.82, 2.24) is 15.3 Å². The summed E-state index contributed by atoms with van der Waals surface area (Å²) < 4.78 is 5.77. The molecule has 0 amide bonds. The number of carboxylic acid groups (broad SMARTS) is 1. The van der Waals surface area contributed by atoms with Crippen LogP contribution < -0.4 is 15.0 Å². The molecule has 0 aliphatic carbocycles. The van der Waals surface area contributed by atoms with E-state index in [1.165, 1.54) is 11.8 Å². The van der Waals surface area contributed by atoms with Crippen molar-refractivity contribution in [3.05, 3.63) is 75.8 Å². The Balaban J connectivity index is 1.42. The van der Waals surface area contributed by atoms with Crippen molar-refractivity contribution in [2.75, 3.05) is 31.1 Å². The van der Waals surface area contributed by atoms with Gasteiger partial charge in [-0.3, -0.25) is 4.79 Å². The molecule has 2 aromatic heterocycles. The summed E-state index contributed by atoms with van der Waals surface area (Å²) in [5.41, 5.74) is 3.86. The standard InChI is InChI=1S/C32H29ClN6O3S2/c1-20(32(40)41)36-12-15-42-25-10-6-21(7-11-25)28-26(16-34)29(39-13-2-3-14-39)38-31(27(28)17-35)44-19-24-18-43-30(37-24)22-4-8-23(33)9-5-22/h4-11,18,20,36H,2-3,12-15,19H2,1H3,(H,40,41). The summed E-state index contributed by atoms with van der Waals surface area (Å²) in [5.74, 6) is 0.783. The van der Waals surface area contributed by atoms with Crippen LogP contribution in [0.15, 0.2) is 58.9 Å². The topological polar surface area (TPSA) is 135 Å². The predicted molar refractivity (Wildman–Crippen MR) is 173 cm³/mol. The maximum absolute atomic E-state index is 11.0. The lowest BCUT2D eigenvalue weighted by Gasteiger charge is -2.22. The number of anilines is 1. The molecule has 1 atom stereocenters. The Hall–Kier alpha value is -4.13. The van der Waals surface area contributed by atoms with E-state index in [2.05, 4.69) is 22.4 Å². The van der Waals surface area contributed by atoms with Crippen LogP contribution in [0.25, 0.3) is 21.7 Å². The van der Waals surface area contributed by atoms with E-state index < -0.39 is 12.0 Å². The Morgan fingerprint density at radius 2 is 1.77 bits per heavy atom. The first-order valence-corrected chi connectivity index (χ1v) is 16.3. The molecule has 9 nitrogen and oxygen atoms in total. The predicted octanol–water partition coefficient (Wildman–Crippen LogP) is 6.60. The summed E-state index contributed by atoms with van der Waals surface area (Å²) in [6.45, 7) is 3.83. The number of rotatable bonds is 12. The smallest absolute Gasteiger partial charge is 0.320 e. The zero-order valence-electron chi connectivity index (χ0n) is 23.9. The molecule has 2 aromatic carbocycles. The fourth-order valence-electron chi connectivity index (χ4n) is 4.80. The number of halogens is 1. The molecule has 1 aliphatic heterocycles. The minimum absolute atomic E-state index is 0.287. The average Bonchev–Trinajstić information content (AvgIpc) is 3.75. The Morgan fingerprint density at radius 3 is 2.43 bits per heavy atom. The Labute approximate surface area is 269 Å². The number of aromatic nitrogens is 2. The first kappa shape index (κ1) is 31.3. The molecule has 1 aliphatic rings. The van der Waals surface area contributed by atoms with Crippen LogP contribution in [-0.4, -0.2) is 53.3 Å². The normalized spacial score (nSPS) is 13.3. The van der Waals surface area contributed by atoms with Crippen molar-refractivity contribution in [3.8, 4) is 39.6 Å². The molecule has 0 spiro atoms. The number of nitriles is 2. The molecule has 224 valence electrons. The lowest BCUT2D eigenvalue weighted by Crippen LogP contribution is -2.36. The number of hydrogen-bond acceptors (Lipinski definition) is 10. The maximum atomic E-state index is 11.0. The van der Waals surface area contributed by atoms with Crippen molar-refractivity contribution in [2.45, 2.75) is 36.6 Å². The molecule has 1 unspecified atom stereocenters. The van der Waals surface area contributed by atoms with Gasteiger partial charge in [0.25, 0.3) is 0 Å². The van der Waals surface area contributed by atoms with Crippen LogP contribution in [0.1, 0.15) is 36.6 Å². The highest BCUT2D eigenvalue weighted by molar-refractivity contribution is 7.98. The molecule has 5 rings (SSSR count). The Morgan fingerprint density at radius 1 is 1.09 bits per heavy atom. The van der Waals surface area contributed by atoms with Gasteiger partial charge in [-0.05, 0) is 49.6 Å². The second kappa shape index (κ2) is 14.6. The van der Waals surface area contributed by atoms with Gasteiger partial charge in [-0.2, -0.15) is 10.5 Å². The number of aliphatic carboxylic acids is 1. The minimum Gasteiger partial charge on any atom is -0.492 e. The van der Waals surface area contributed by atoms with Gasteiger partial charge in [0.05, 0.1) is 11.3 Å². The number of nitrogens with one attached hydrogen (secondary N) is 1. The third kappa shape index (κ3) is 7.32. The second-order valence-electron chi connectivity index (χ2n) is 10.1. The number of nitrogens with zero attached hydrogens (tertiary/aromatic N) is 5. The van der Waals surface area contributed by atoms with Gasteiger partial charge in [-0.25, -0.2) is 9.97 Å². The molecule has 1 fully saturated rings. The van der Waals surface area contributed by atoms with Crippen molar-refractivity contribution in [2.24, 2.45) is 0 Å². The van der Waals surface area contributed by atoms with Crippen LogP contribution in [0.3, 0.4) is 0 Å². The van der Waals surface area contributed by atoms with Crippen LogP contribution in [0, 0.1) is 22.7 Å². The van der Waals surface area contributed by atoms with E-state index in [1.807, 2.05) is 41.8 Å². The van der Waals surface area contributed by atoms with Crippen LogP contribution in [0.2, 0.25) is 5.02 Å². The highest BCUT2D eigenvalue weighted by atomic mass is 35.5. The SMILES string of the molecule is CC(NCCOc1ccc(-c2c(C#N)c(SCc3csc(-c4ccc(Cl)cc4)n3)nc(N3CCCC3)c2C#N)cc1)C(=O)O.